The Morgan fingerprint density at radius 3 is 2.57 bits per heavy atom. The zero-order valence-corrected chi connectivity index (χ0v) is 12.5. The SMILES string of the molecule is Cn1cc(Cl)cc1C(=O)Nc1cnn(C(C)(C)C(=O)O)c1. The fourth-order valence-electron chi connectivity index (χ4n) is 1.74. The van der Waals surface area contributed by atoms with E-state index in [9.17, 15) is 9.59 Å². The standard InChI is InChI=1S/C13H15ClN4O3/c1-13(2,12(20)21)18-7-9(5-15-18)16-11(19)10-4-8(14)6-17(10)3/h4-7H,1-3H3,(H,16,19)(H,20,21). The maximum Gasteiger partial charge on any atom is 0.331 e. The first-order valence-electron chi connectivity index (χ1n) is 6.13. The lowest BCUT2D eigenvalue weighted by atomic mass is 10.1. The van der Waals surface area contributed by atoms with Crippen molar-refractivity contribution in [3.05, 3.63) is 35.4 Å². The number of anilines is 1. The average Bonchev–Trinajstić information content (AvgIpc) is 2.96. The summed E-state index contributed by atoms with van der Waals surface area (Å²) in [4.78, 5) is 23.3. The highest BCUT2D eigenvalue weighted by molar-refractivity contribution is 6.31. The molecule has 2 aromatic rings. The molecule has 8 heteroatoms. The Morgan fingerprint density at radius 2 is 2.05 bits per heavy atom. The number of amides is 1. The Bertz CT molecular complexity index is 702. The number of nitrogens with one attached hydrogen (secondary N) is 1. The molecule has 0 fully saturated rings. The van der Waals surface area contributed by atoms with E-state index in [1.807, 2.05) is 0 Å². The Balaban J connectivity index is 2.18. The Hall–Kier alpha value is -2.28. The highest BCUT2D eigenvalue weighted by Gasteiger charge is 2.30. The largest absolute Gasteiger partial charge is 0.479 e. The molecule has 2 heterocycles. The molecule has 0 aliphatic rings. The van der Waals surface area contributed by atoms with Gasteiger partial charge in [0, 0.05) is 19.4 Å². The number of hydrogen-bond acceptors (Lipinski definition) is 3. The van der Waals surface area contributed by atoms with Crippen molar-refractivity contribution in [2.45, 2.75) is 19.4 Å². The summed E-state index contributed by atoms with van der Waals surface area (Å²) in [6.07, 6.45) is 4.48. The number of hydrogen-bond donors (Lipinski definition) is 2. The van der Waals surface area contributed by atoms with Crippen LogP contribution in [0.3, 0.4) is 0 Å². The molecule has 1 amide bonds. The van der Waals surface area contributed by atoms with Crippen LogP contribution in [0.2, 0.25) is 5.02 Å². The normalized spacial score (nSPS) is 11.4. The predicted octanol–water partition coefficient (Wildman–Crippen LogP) is 1.95. The summed E-state index contributed by atoms with van der Waals surface area (Å²) in [6, 6.07) is 1.54. The number of aryl methyl sites for hydroxylation is 1. The van der Waals surface area contributed by atoms with Crippen molar-refractivity contribution < 1.29 is 14.7 Å². The summed E-state index contributed by atoms with van der Waals surface area (Å²) in [5, 5.41) is 16.2. The topological polar surface area (TPSA) is 89.2 Å². The van der Waals surface area contributed by atoms with Gasteiger partial charge in [-0.15, -0.1) is 0 Å². The summed E-state index contributed by atoms with van der Waals surface area (Å²) in [5.41, 5.74) is -0.394. The summed E-state index contributed by atoms with van der Waals surface area (Å²) >= 11 is 5.83. The second kappa shape index (κ2) is 5.25. The van der Waals surface area contributed by atoms with E-state index in [-0.39, 0.29) is 5.91 Å². The van der Waals surface area contributed by atoms with Crippen molar-refractivity contribution >= 4 is 29.2 Å². The van der Waals surface area contributed by atoms with Gasteiger partial charge in [-0.3, -0.25) is 9.48 Å². The number of aliphatic carboxylic acids is 1. The number of carboxylic acid groups (broad SMARTS) is 1. The number of rotatable bonds is 4. The van der Waals surface area contributed by atoms with Gasteiger partial charge >= 0.3 is 5.97 Å². The summed E-state index contributed by atoms with van der Waals surface area (Å²) < 4.78 is 2.88. The number of halogens is 1. The lowest BCUT2D eigenvalue weighted by Gasteiger charge is -2.19. The lowest BCUT2D eigenvalue weighted by molar-refractivity contribution is -0.146. The van der Waals surface area contributed by atoms with Gasteiger partial charge < -0.3 is 15.0 Å². The summed E-state index contributed by atoms with van der Waals surface area (Å²) in [7, 11) is 1.71. The molecule has 0 aliphatic carbocycles. The maximum absolute atomic E-state index is 12.1. The van der Waals surface area contributed by atoms with Gasteiger partial charge in [0.25, 0.3) is 5.91 Å². The molecule has 21 heavy (non-hydrogen) atoms. The molecule has 2 rings (SSSR count). The average molecular weight is 311 g/mol. The van der Waals surface area contributed by atoms with Crippen LogP contribution in [-0.2, 0) is 17.4 Å². The van der Waals surface area contributed by atoms with Gasteiger partial charge in [0.05, 0.1) is 16.9 Å². The number of carboxylic acids is 1. The smallest absolute Gasteiger partial charge is 0.331 e. The van der Waals surface area contributed by atoms with E-state index in [1.54, 1.807) is 23.9 Å². The van der Waals surface area contributed by atoms with Crippen LogP contribution >= 0.6 is 11.6 Å². The highest BCUT2D eigenvalue weighted by Crippen LogP contribution is 2.19. The molecule has 7 nitrogen and oxygen atoms in total. The molecular formula is C13H15ClN4O3. The Labute approximate surface area is 126 Å². The maximum atomic E-state index is 12.1. The van der Waals surface area contributed by atoms with Crippen LogP contribution in [-0.4, -0.2) is 31.3 Å². The fraction of sp³-hybridized carbons (Fsp3) is 0.308. The minimum absolute atomic E-state index is 0.350. The number of aromatic nitrogens is 3. The monoisotopic (exact) mass is 310 g/mol. The zero-order valence-electron chi connectivity index (χ0n) is 11.8. The number of carbonyl (C=O) groups is 2. The molecule has 112 valence electrons. The predicted molar refractivity (Wildman–Crippen MR) is 77.6 cm³/mol. The molecule has 0 spiro atoms. The van der Waals surface area contributed by atoms with Gasteiger partial charge in [-0.05, 0) is 19.9 Å². The van der Waals surface area contributed by atoms with E-state index in [4.69, 9.17) is 16.7 Å². The van der Waals surface area contributed by atoms with Crippen LogP contribution in [0.25, 0.3) is 0 Å². The van der Waals surface area contributed by atoms with E-state index >= 15 is 0 Å². The van der Waals surface area contributed by atoms with Gasteiger partial charge in [-0.1, -0.05) is 11.6 Å². The van der Waals surface area contributed by atoms with Crippen molar-refractivity contribution in [1.82, 2.24) is 14.3 Å². The van der Waals surface area contributed by atoms with Gasteiger partial charge in [-0.25, -0.2) is 4.79 Å². The van der Waals surface area contributed by atoms with Crippen molar-refractivity contribution in [2.24, 2.45) is 7.05 Å². The molecular weight excluding hydrogens is 296 g/mol. The molecule has 0 aromatic carbocycles. The first-order valence-corrected chi connectivity index (χ1v) is 6.51. The zero-order chi connectivity index (χ0) is 15.8. The minimum atomic E-state index is -1.20. The van der Waals surface area contributed by atoms with Crippen LogP contribution in [0, 0.1) is 0 Å². The summed E-state index contributed by atoms with van der Waals surface area (Å²) in [5.74, 6) is -1.37. The van der Waals surface area contributed by atoms with Gasteiger partial charge in [-0.2, -0.15) is 5.10 Å². The first kappa shape index (κ1) is 15.1. The second-order valence-electron chi connectivity index (χ2n) is 5.15. The van der Waals surface area contributed by atoms with E-state index in [1.165, 1.54) is 30.9 Å². The summed E-state index contributed by atoms with van der Waals surface area (Å²) in [6.45, 7) is 3.04. The Kier molecular flexibility index (Phi) is 3.78. The molecule has 0 radical (unpaired) electrons. The van der Waals surface area contributed by atoms with Crippen LogP contribution in [0.1, 0.15) is 24.3 Å². The molecule has 2 aromatic heterocycles. The van der Waals surface area contributed by atoms with Gasteiger partial charge in [0.2, 0.25) is 0 Å². The third-order valence-electron chi connectivity index (χ3n) is 3.14. The van der Waals surface area contributed by atoms with Crippen LogP contribution in [0.4, 0.5) is 5.69 Å². The van der Waals surface area contributed by atoms with E-state index in [2.05, 4.69) is 10.4 Å². The van der Waals surface area contributed by atoms with Gasteiger partial charge in [0.15, 0.2) is 5.54 Å². The van der Waals surface area contributed by atoms with E-state index < -0.39 is 11.5 Å². The van der Waals surface area contributed by atoms with Crippen LogP contribution in [0.5, 0.6) is 0 Å². The molecule has 0 saturated heterocycles. The second-order valence-corrected chi connectivity index (χ2v) is 5.58. The molecule has 0 saturated carbocycles. The first-order chi connectivity index (χ1) is 9.71. The van der Waals surface area contributed by atoms with Crippen molar-refractivity contribution in [1.29, 1.82) is 0 Å². The van der Waals surface area contributed by atoms with Gasteiger partial charge in [0.1, 0.15) is 5.69 Å². The lowest BCUT2D eigenvalue weighted by Crippen LogP contribution is -2.35. The minimum Gasteiger partial charge on any atom is -0.479 e. The molecule has 2 N–H and O–H groups in total. The van der Waals surface area contributed by atoms with Crippen molar-refractivity contribution in [3.63, 3.8) is 0 Å². The molecule has 0 unspecified atom stereocenters. The number of nitrogens with zero attached hydrogens (tertiary/aromatic N) is 3. The quantitative estimate of drug-likeness (QED) is 0.903. The van der Waals surface area contributed by atoms with Crippen LogP contribution < -0.4 is 5.32 Å². The van der Waals surface area contributed by atoms with Crippen molar-refractivity contribution in [2.75, 3.05) is 5.32 Å². The number of carbonyl (C=O) groups excluding carboxylic acids is 1. The van der Waals surface area contributed by atoms with E-state index in [0.717, 1.165) is 0 Å². The third-order valence-corrected chi connectivity index (χ3v) is 3.35. The fourth-order valence-corrected chi connectivity index (χ4v) is 1.99. The van der Waals surface area contributed by atoms with Crippen molar-refractivity contribution in [3.8, 4) is 0 Å². The highest BCUT2D eigenvalue weighted by atomic mass is 35.5. The van der Waals surface area contributed by atoms with E-state index in [0.29, 0.717) is 16.4 Å². The molecule has 0 bridgehead atoms. The van der Waals surface area contributed by atoms with Crippen LogP contribution in [0.15, 0.2) is 24.7 Å². The molecule has 0 atom stereocenters. The Morgan fingerprint density at radius 1 is 1.38 bits per heavy atom. The molecule has 0 aliphatic heterocycles. The third kappa shape index (κ3) is 2.92.